The number of rotatable bonds is 2. The lowest BCUT2D eigenvalue weighted by molar-refractivity contribution is -0.136. The minimum atomic E-state index is -0.500. The molecule has 6 heteroatoms. The molecule has 0 bridgehead atoms. The summed E-state index contributed by atoms with van der Waals surface area (Å²) in [5, 5.41) is 4.87. The van der Waals surface area contributed by atoms with Gasteiger partial charge in [0.2, 0.25) is 0 Å². The van der Waals surface area contributed by atoms with Crippen molar-refractivity contribution < 1.29 is 9.63 Å². The van der Waals surface area contributed by atoms with E-state index < -0.39 is 5.97 Å². The Morgan fingerprint density at radius 3 is 2.68 bits per heavy atom. The SMILES string of the molecule is O=C1ON=C(c2cccc(I)c2)C1=Cc1ccc(Cl)cc1Cl. The van der Waals surface area contributed by atoms with Gasteiger partial charge in [-0.05, 0) is 58.5 Å². The molecule has 0 spiro atoms. The second-order valence-corrected chi connectivity index (χ2v) is 6.64. The number of hydrogen-bond donors (Lipinski definition) is 0. The van der Waals surface area contributed by atoms with E-state index in [0.717, 1.165) is 9.13 Å². The standard InChI is InChI=1S/C16H8Cl2INO2/c17-11-5-4-9(14(18)8-11)7-13-15(20-22-16(13)21)10-2-1-3-12(19)6-10/h1-8H. The third kappa shape index (κ3) is 3.19. The Morgan fingerprint density at radius 1 is 1.14 bits per heavy atom. The first-order valence-electron chi connectivity index (χ1n) is 6.27. The van der Waals surface area contributed by atoms with Crippen molar-refractivity contribution in [3.05, 3.63) is 72.8 Å². The maximum atomic E-state index is 11.9. The predicted molar refractivity (Wildman–Crippen MR) is 96.2 cm³/mol. The van der Waals surface area contributed by atoms with E-state index in [-0.39, 0.29) is 0 Å². The van der Waals surface area contributed by atoms with Gasteiger partial charge >= 0.3 is 5.97 Å². The normalized spacial score (nSPS) is 15.9. The summed E-state index contributed by atoms with van der Waals surface area (Å²) in [6.07, 6.45) is 1.66. The molecular weight excluding hydrogens is 436 g/mol. The fourth-order valence-electron chi connectivity index (χ4n) is 2.03. The van der Waals surface area contributed by atoms with Crippen LogP contribution in [0.2, 0.25) is 10.0 Å². The molecule has 22 heavy (non-hydrogen) atoms. The first-order valence-corrected chi connectivity index (χ1v) is 8.10. The van der Waals surface area contributed by atoms with Gasteiger partial charge in [-0.15, -0.1) is 0 Å². The lowest BCUT2D eigenvalue weighted by atomic mass is 10.0. The first kappa shape index (κ1) is 15.5. The topological polar surface area (TPSA) is 38.7 Å². The summed E-state index contributed by atoms with van der Waals surface area (Å²) in [5.74, 6) is -0.500. The summed E-state index contributed by atoms with van der Waals surface area (Å²) in [6.45, 7) is 0. The molecule has 2 aromatic rings. The molecule has 0 atom stereocenters. The van der Waals surface area contributed by atoms with Gasteiger partial charge in [-0.3, -0.25) is 0 Å². The zero-order chi connectivity index (χ0) is 15.7. The van der Waals surface area contributed by atoms with Gasteiger partial charge in [0, 0.05) is 19.2 Å². The van der Waals surface area contributed by atoms with Crippen LogP contribution in [0.3, 0.4) is 0 Å². The van der Waals surface area contributed by atoms with Crippen LogP contribution in [-0.2, 0) is 9.63 Å². The van der Waals surface area contributed by atoms with Gasteiger partial charge in [-0.2, -0.15) is 0 Å². The Labute approximate surface area is 150 Å². The van der Waals surface area contributed by atoms with E-state index in [9.17, 15) is 4.79 Å². The summed E-state index contributed by atoms with van der Waals surface area (Å²) in [5.41, 5.74) is 2.35. The lowest BCUT2D eigenvalue weighted by Crippen LogP contribution is -2.07. The number of nitrogens with zero attached hydrogens (tertiary/aromatic N) is 1. The van der Waals surface area contributed by atoms with Gasteiger partial charge in [-0.1, -0.05) is 46.6 Å². The third-order valence-corrected chi connectivity index (χ3v) is 4.29. The number of hydrogen-bond acceptors (Lipinski definition) is 3. The molecule has 3 rings (SSSR count). The summed E-state index contributed by atoms with van der Waals surface area (Å²) < 4.78 is 1.04. The second kappa shape index (κ2) is 6.40. The maximum Gasteiger partial charge on any atom is 0.368 e. The van der Waals surface area contributed by atoms with Crippen LogP contribution in [0.25, 0.3) is 6.08 Å². The predicted octanol–water partition coefficient (Wildman–Crippen LogP) is 4.94. The summed E-state index contributed by atoms with van der Waals surface area (Å²) >= 11 is 14.2. The Morgan fingerprint density at radius 2 is 1.95 bits per heavy atom. The van der Waals surface area contributed by atoms with Crippen LogP contribution in [0.15, 0.2) is 53.2 Å². The molecule has 1 heterocycles. The molecule has 0 unspecified atom stereocenters. The fraction of sp³-hybridized carbons (Fsp3) is 0. The zero-order valence-electron chi connectivity index (χ0n) is 11.0. The molecule has 0 aliphatic carbocycles. The van der Waals surface area contributed by atoms with Crippen LogP contribution < -0.4 is 0 Å². The summed E-state index contributed by atoms with van der Waals surface area (Å²) in [4.78, 5) is 16.8. The Bertz CT molecular complexity index is 831. The van der Waals surface area contributed by atoms with Gasteiger partial charge in [-0.25, -0.2) is 4.79 Å². The minimum absolute atomic E-state index is 0.367. The van der Waals surface area contributed by atoms with Crippen molar-refractivity contribution in [3.8, 4) is 0 Å². The van der Waals surface area contributed by atoms with Crippen LogP contribution >= 0.6 is 45.8 Å². The van der Waals surface area contributed by atoms with Crippen LogP contribution in [0.1, 0.15) is 11.1 Å². The van der Waals surface area contributed by atoms with Gasteiger partial charge in [0.05, 0.1) is 5.57 Å². The minimum Gasteiger partial charge on any atom is -0.312 e. The molecule has 0 fully saturated rings. The van der Waals surface area contributed by atoms with Crippen molar-refractivity contribution in [1.29, 1.82) is 0 Å². The molecule has 1 aliphatic heterocycles. The lowest BCUT2D eigenvalue weighted by Gasteiger charge is -2.03. The van der Waals surface area contributed by atoms with Crippen LogP contribution in [-0.4, -0.2) is 11.7 Å². The number of oxime groups is 1. The Balaban J connectivity index is 2.06. The molecule has 3 nitrogen and oxygen atoms in total. The van der Waals surface area contributed by atoms with Crippen molar-refractivity contribution in [1.82, 2.24) is 0 Å². The summed E-state index contributed by atoms with van der Waals surface area (Å²) in [7, 11) is 0. The van der Waals surface area contributed by atoms with Crippen LogP contribution in [0.5, 0.6) is 0 Å². The highest BCUT2D eigenvalue weighted by Gasteiger charge is 2.27. The largest absolute Gasteiger partial charge is 0.368 e. The van der Waals surface area contributed by atoms with E-state index in [4.69, 9.17) is 28.0 Å². The van der Waals surface area contributed by atoms with Crippen LogP contribution in [0.4, 0.5) is 0 Å². The Kier molecular flexibility index (Phi) is 4.52. The number of carbonyl (C=O) groups excluding carboxylic acids is 1. The smallest absolute Gasteiger partial charge is 0.312 e. The highest BCUT2D eigenvalue weighted by Crippen LogP contribution is 2.26. The van der Waals surface area contributed by atoms with Gasteiger partial charge in [0.1, 0.15) is 5.71 Å². The molecular formula is C16H8Cl2INO2. The fourth-order valence-corrected chi connectivity index (χ4v) is 3.03. The van der Waals surface area contributed by atoms with Crippen LogP contribution in [0, 0.1) is 3.57 Å². The van der Waals surface area contributed by atoms with E-state index in [0.29, 0.717) is 26.9 Å². The molecule has 0 amide bonds. The van der Waals surface area contributed by atoms with Gasteiger partial charge in [0.15, 0.2) is 0 Å². The first-order chi connectivity index (χ1) is 10.5. The zero-order valence-corrected chi connectivity index (χ0v) is 14.7. The van der Waals surface area contributed by atoms with Crippen molar-refractivity contribution in [2.24, 2.45) is 5.16 Å². The van der Waals surface area contributed by atoms with E-state index in [1.54, 1.807) is 24.3 Å². The van der Waals surface area contributed by atoms with Gasteiger partial charge < -0.3 is 4.84 Å². The molecule has 1 aliphatic rings. The average molecular weight is 444 g/mol. The van der Waals surface area contributed by atoms with Crippen molar-refractivity contribution >= 4 is 63.5 Å². The molecule has 0 saturated heterocycles. The number of benzene rings is 2. The highest BCUT2D eigenvalue weighted by molar-refractivity contribution is 14.1. The van der Waals surface area contributed by atoms with E-state index in [2.05, 4.69) is 27.7 Å². The maximum absolute atomic E-state index is 11.9. The monoisotopic (exact) mass is 443 g/mol. The summed E-state index contributed by atoms with van der Waals surface area (Å²) in [6, 6.07) is 12.7. The molecule has 0 radical (unpaired) electrons. The molecule has 0 saturated carbocycles. The second-order valence-electron chi connectivity index (χ2n) is 4.55. The third-order valence-electron chi connectivity index (χ3n) is 3.06. The Hall–Kier alpha value is -1.37. The van der Waals surface area contributed by atoms with E-state index >= 15 is 0 Å². The van der Waals surface area contributed by atoms with Crippen molar-refractivity contribution in [2.45, 2.75) is 0 Å². The molecule has 0 N–H and O–H groups in total. The van der Waals surface area contributed by atoms with Gasteiger partial charge in [0.25, 0.3) is 0 Å². The average Bonchev–Trinajstić information content (AvgIpc) is 2.83. The van der Waals surface area contributed by atoms with Crippen molar-refractivity contribution in [2.75, 3.05) is 0 Å². The number of halogens is 3. The van der Waals surface area contributed by atoms with Crippen molar-refractivity contribution in [3.63, 3.8) is 0 Å². The molecule has 0 aromatic heterocycles. The highest BCUT2D eigenvalue weighted by atomic mass is 127. The quantitative estimate of drug-likeness (QED) is 0.374. The molecule has 110 valence electrons. The van der Waals surface area contributed by atoms with E-state index in [1.165, 1.54) is 0 Å². The molecule has 2 aromatic carbocycles. The van der Waals surface area contributed by atoms with E-state index in [1.807, 2.05) is 24.3 Å². The number of carbonyl (C=O) groups is 1.